The van der Waals surface area contributed by atoms with Crippen molar-refractivity contribution < 1.29 is 4.79 Å². The molecule has 1 fully saturated rings. The smallest absolute Gasteiger partial charge is 0.236 e. The van der Waals surface area contributed by atoms with Crippen LogP contribution in [-0.2, 0) is 4.79 Å². The first-order chi connectivity index (χ1) is 7.84. The van der Waals surface area contributed by atoms with E-state index in [2.05, 4.69) is 15.4 Å². The fourth-order valence-corrected chi connectivity index (χ4v) is 1.74. The molecule has 0 aliphatic heterocycles. The number of nitrogens with two attached hydrogens (primary N) is 1. The summed E-state index contributed by atoms with van der Waals surface area (Å²) in [7, 11) is 0. The van der Waals surface area contributed by atoms with Crippen LogP contribution < -0.4 is 11.3 Å². The molecule has 0 radical (unpaired) electrons. The maximum atomic E-state index is 10.9. The molecule has 3 N–H and O–H groups in total. The Labute approximate surface area is 95.4 Å². The molecule has 0 unspecified atom stereocenters. The van der Waals surface area contributed by atoms with Crippen LogP contribution in [0.5, 0.6) is 0 Å². The van der Waals surface area contributed by atoms with E-state index in [9.17, 15) is 4.79 Å². The summed E-state index contributed by atoms with van der Waals surface area (Å²) in [6, 6.07) is 0. The van der Waals surface area contributed by atoms with E-state index in [1.165, 1.54) is 19.3 Å². The average Bonchev–Trinajstić information content (AvgIpc) is 2.41. The normalized spacial score (nSPS) is 15.8. The first-order valence-electron chi connectivity index (χ1n) is 5.55. The zero-order valence-electron chi connectivity index (χ0n) is 9.30. The Morgan fingerprint density at radius 3 is 1.94 bits per heavy atom. The van der Waals surface area contributed by atoms with Crippen LogP contribution in [0.1, 0.15) is 32.1 Å². The van der Waals surface area contributed by atoms with Crippen molar-refractivity contribution in [2.24, 2.45) is 11.8 Å². The number of hydrogen-bond acceptors (Lipinski definition) is 4. The number of rotatable bonds is 1. The van der Waals surface area contributed by atoms with Crippen LogP contribution in [0.2, 0.25) is 0 Å². The highest BCUT2D eigenvalue weighted by Crippen LogP contribution is 2.23. The summed E-state index contributed by atoms with van der Waals surface area (Å²) < 4.78 is 0. The molecule has 0 saturated heterocycles. The second-order valence-electron chi connectivity index (χ2n) is 3.74. The lowest BCUT2D eigenvalue weighted by Crippen LogP contribution is -2.36. The fraction of sp³-hybridized carbons (Fsp3) is 0.545. The van der Waals surface area contributed by atoms with Crippen molar-refractivity contribution in [3.8, 4) is 0 Å². The van der Waals surface area contributed by atoms with Gasteiger partial charge in [-0.15, -0.1) is 0 Å². The van der Waals surface area contributed by atoms with E-state index in [1.54, 1.807) is 24.8 Å². The van der Waals surface area contributed by atoms with E-state index < -0.39 is 0 Å². The molecule has 2 rings (SSSR count). The molecule has 0 aromatic carbocycles. The Morgan fingerprint density at radius 2 is 1.56 bits per heavy atom. The van der Waals surface area contributed by atoms with Gasteiger partial charge in [0, 0.05) is 30.7 Å². The van der Waals surface area contributed by atoms with E-state index in [4.69, 9.17) is 5.84 Å². The van der Waals surface area contributed by atoms with Crippen molar-refractivity contribution in [1.29, 1.82) is 0 Å². The summed E-state index contributed by atoms with van der Waals surface area (Å²) in [4.78, 5) is 18.4. The SMILES string of the molecule is NNC(=O)C1CCCCC1.c1cnccn1. The van der Waals surface area contributed by atoms with Crippen LogP contribution in [0.3, 0.4) is 0 Å². The van der Waals surface area contributed by atoms with Crippen LogP contribution in [0.15, 0.2) is 24.8 Å². The van der Waals surface area contributed by atoms with Crippen LogP contribution in [0, 0.1) is 5.92 Å². The third-order valence-electron chi connectivity index (χ3n) is 2.60. The third kappa shape index (κ3) is 4.84. The quantitative estimate of drug-likeness (QED) is 0.422. The van der Waals surface area contributed by atoms with Crippen molar-refractivity contribution in [3.05, 3.63) is 24.8 Å². The minimum atomic E-state index is 0.0136. The molecule has 1 aromatic rings. The maximum Gasteiger partial charge on any atom is 0.236 e. The zero-order valence-corrected chi connectivity index (χ0v) is 9.30. The van der Waals surface area contributed by atoms with Gasteiger partial charge in [0.05, 0.1) is 0 Å². The maximum absolute atomic E-state index is 10.9. The summed E-state index contributed by atoms with van der Waals surface area (Å²) in [5.41, 5.74) is 2.20. The van der Waals surface area contributed by atoms with E-state index >= 15 is 0 Å². The molecule has 1 aliphatic carbocycles. The lowest BCUT2D eigenvalue weighted by atomic mass is 9.89. The molecule has 88 valence electrons. The van der Waals surface area contributed by atoms with Crippen molar-refractivity contribution in [2.45, 2.75) is 32.1 Å². The minimum Gasteiger partial charge on any atom is -0.294 e. The first-order valence-corrected chi connectivity index (χ1v) is 5.55. The fourth-order valence-electron chi connectivity index (χ4n) is 1.74. The van der Waals surface area contributed by atoms with Crippen molar-refractivity contribution in [3.63, 3.8) is 0 Å². The first kappa shape index (κ1) is 12.6. The molecule has 5 nitrogen and oxygen atoms in total. The Kier molecular flexibility index (Phi) is 6.10. The molecular formula is C11H18N4O. The molecule has 0 bridgehead atoms. The van der Waals surface area contributed by atoms with Crippen LogP contribution in [0.25, 0.3) is 0 Å². The largest absolute Gasteiger partial charge is 0.294 e. The number of carbonyl (C=O) groups is 1. The standard InChI is InChI=1S/C7H14N2O.C4H4N2/c8-9-7(10)6-4-2-1-3-5-6;1-2-6-4-3-5-1/h6H,1-5,8H2,(H,9,10);1-4H. The van der Waals surface area contributed by atoms with Crippen LogP contribution in [-0.4, -0.2) is 15.9 Å². The van der Waals surface area contributed by atoms with Crippen LogP contribution in [0.4, 0.5) is 0 Å². The highest BCUT2D eigenvalue weighted by atomic mass is 16.2. The van der Waals surface area contributed by atoms with Gasteiger partial charge in [0.25, 0.3) is 0 Å². The van der Waals surface area contributed by atoms with Gasteiger partial charge in [-0.2, -0.15) is 0 Å². The molecule has 1 aliphatic rings. The monoisotopic (exact) mass is 222 g/mol. The number of nitrogens with one attached hydrogen (secondary N) is 1. The predicted molar refractivity (Wildman–Crippen MR) is 60.9 cm³/mol. The van der Waals surface area contributed by atoms with Gasteiger partial charge in [-0.25, -0.2) is 5.84 Å². The molecule has 1 saturated carbocycles. The highest BCUT2D eigenvalue weighted by Gasteiger charge is 2.19. The van der Waals surface area contributed by atoms with Gasteiger partial charge in [-0.1, -0.05) is 19.3 Å². The van der Waals surface area contributed by atoms with Gasteiger partial charge in [0.15, 0.2) is 0 Å². The number of nitrogens with zero attached hydrogens (tertiary/aromatic N) is 2. The van der Waals surface area contributed by atoms with Gasteiger partial charge in [0.2, 0.25) is 5.91 Å². The Bertz CT molecular complexity index is 259. The Hall–Kier alpha value is -1.49. The Morgan fingerprint density at radius 1 is 1.06 bits per heavy atom. The van der Waals surface area contributed by atoms with Crippen molar-refractivity contribution in [1.82, 2.24) is 15.4 Å². The van der Waals surface area contributed by atoms with Gasteiger partial charge in [-0.3, -0.25) is 20.2 Å². The summed E-state index contributed by atoms with van der Waals surface area (Å²) in [5.74, 6) is 5.21. The predicted octanol–water partition coefficient (Wildman–Crippen LogP) is 1.03. The number of amides is 1. The minimum absolute atomic E-state index is 0.0136. The molecule has 5 heteroatoms. The average molecular weight is 222 g/mol. The molecule has 1 heterocycles. The van der Waals surface area contributed by atoms with Gasteiger partial charge in [0.1, 0.15) is 0 Å². The topological polar surface area (TPSA) is 80.9 Å². The summed E-state index contributed by atoms with van der Waals surface area (Å²) in [5, 5.41) is 0. The lowest BCUT2D eigenvalue weighted by molar-refractivity contribution is -0.125. The molecule has 16 heavy (non-hydrogen) atoms. The van der Waals surface area contributed by atoms with Gasteiger partial charge < -0.3 is 0 Å². The second-order valence-corrected chi connectivity index (χ2v) is 3.74. The number of hydrogen-bond donors (Lipinski definition) is 2. The third-order valence-corrected chi connectivity index (χ3v) is 2.60. The van der Waals surface area contributed by atoms with Crippen LogP contribution >= 0.6 is 0 Å². The molecule has 0 spiro atoms. The van der Waals surface area contributed by atoms with Crippen molar-refractivity contribution in [2.75, 3.05) is 0 Å². The van der Waals surface area contributed by atoms with E-state index in [0.717, 1.165) is 12.8 Å². The molecular weight excluding hydrogens is 204 g/mol. The van der Waals surface area contributed by atoms with E-state index in [1.807, 2.05) is 0 Å². The highest BCUT2D eigenvalue weighted by molar-refractivity contribution is 5.77. The number of hydrazine groups is 1. The zero-order chi connectivity index (χ0) is 11.6. The van der Waals surface area contributed by atoms with E-state index in [-0.39, 0.29) is 11.8 Å². The Balaban J connectivity index is 0.000000181. The lowest BCUT2D eigenvalue weighted by Gasteiger charge is -2.19. The molecule has 1 aromatic heterocycles. The van der Waals surface area contributed by atoms with Crippen molar-refractivity contribution >= 4 is 5.91 Å². The molecule has 1 amide bonds. The summed E-state index contributed by atoms with van der Waals surface area (Å²) in [6.45, 7) is 0. The van der Waals surface area contributed by atoms with Gasteiger partial charge in [-0.05, 0) is 12.8 Å². The number of aromatic nitrogens is 2. The summed E-state index contributed by atoms with van der Waals surface area (Å²) in [6.07, 6.45) is 12.2. The van der Waals surface area contributed by atoms with Gasteiger partial charge >= 0.3 is 0 Å². The summed E-state index contributed by atoms with van der Waals surface area (Å²) >= 11 is 0. The number of carbonyl (C=O) groups excluding carboxylic acids is 1. The molecule has 0 atom stereocenters. The van der Waals surface area contributed by atoms with E-state index in [0.29, 0.717) is 0 Å². The second kappa shape index (κ2) is 7.76.